The van der Waals surface area contributed by atoms with E-state index in [0.29, 0.717) is 0 Å². The SMILES string of the molecule is Cc1cccc(N2CCN(Cc3ccc(-c4ccccc4)cc3)CC2)c1C. The van der Waals surface area contributed by atoms with Crippen molar-refractivity contribution < 1.29 is 0 Å². The lowest BCUT2D eigenvalue weighted by Crippen LogP contribution is -2.46. The number of piperazine rings is 1. The molecule has 138 valence electrons. The van der Waals surface area contributed by atoms with Crippen molar-refractivity contribution in [3.63, 3.8) is 0 Å². The van der Waals surface area contributed by atoms with Crippen LogP contribution >= 0.6 is 0 Å². The summed E-state index contributed by atoms with van der Waals surface area (Å²) in [4.78, 5) is 5.11. The molecule has 3 aromatic carbocycles. The number of hydrogen-bond acceptors (Lipinski definition) is 2. The van der Waals surface area contributed by atoms with Crippen LogP contribution in [-0.2, 0) is 6.54 Å². The lowest BCUT2D eigenvalue weighted by molar-refractivity contribution is 0.250. The van der Waals surface area contributed by atoms with E-state index in [2.05, 4.69) is 96.4 Å². The van der Waals surface area contributed by atoms with E-state index in [1.807, 2.05) is 0 Å². The van der Waals surface area contributed by atoms with Crippen molar-refractivity contribution in [3.8, 4) is 11.1 Å². The molecule has 1 aliphatic rings. The summed E-state index contributed by atoms with van der Waals surface area (Å²) in [5.74, 6) is 0. The molecule has 0 aromatic heterocycles. The Kier molecular flexibility index (Phi) is 5.26. The zero-order valence-corrected chi connectivity index (χ0v) is 16.4. The van der Waals surface area contributed by atoms with Crippen molar-refractivity contribution in [2.24, 2.45) is 0 Å². The Labute approximate surface area is 163 Å². The smallest absolute Gasteiger partial charge is 0.0399 e. The second kappa shape index (κ2) is 7.98. The van der Waals surface area contributed by atoms with E-state index in [-0.39, 0.29) is 0 Å². The fourth-order valence-corrected chi connectivity index (χ4v) is 3.92. The standard InChI is InChI=1S/C25H28N2/c1-20-7-6-10-25(21(20)2)27-17-15-26(16-18-27)19-22-11-13-24(14-12-22)23-8-4-3-5-9-23/h3-14H,15-19H2,1-2H3. The molecule has 0 N–H and O–H groups in total. The summed E-state index contributed by atoms with van der Waals surface area (Å²) in [6, 6.07) is 26.3. The molecule has 0 unspecified atom stereocenters. The number of nitrogens with zero attached hydrogens (tertiary/aromatic N) is 2. The van der Waals surface area contributed by atoms with Gasteiger partial charge in [-0.25, -0.2) is 0 Å². The second-order valence-electron chi connectivity index (χ2n) is 7.55. The molecule has 1 heterocycles. The Hall–Kier alpha value is -2.58. The summed E-state index contributed by atoms with van der Waals surface area (Å²) in [6.45, 7) is 9.93. The monoisotopic (exact) mass is 356 g/mol. The van der Waals surface area contributed by atoms with E-state index >= 15 is 0 Å². The van der Waals surface area contributed by atoms with E-state index in [1.54, 1.807) is 0 Å². The molecular formula is C25H28N2. The zero-order chi connectivity index (χ0) is 18.6. The molecular weight excluding hydrogens is 328 g/mol. The number of benzene rings is 3. The number of anilines is 1. The van der Waals surface area contributed by atoms with E-state index in [1.165, 1.54) is 33.5 Å². The average molecular weight is 357 g/mol. The van der Waals surface area contributed by atoms with E-state index in [9.17, 15) is 0 Å². The van der Waals surface area contributed by atoms with E-state index < -0.39 is 0 Å². The van der Waals surface area contributed by atoms with Crippen LogP contribution in [0.15, 0.2) is 72.8 Å². The molecule has 0 saturated carbocycles. The summed E-state index contributed by atoms with van der Waals surface area (Å²) in [7, 11) is 0. The van der Waals surface area contributed by atoms with Crippen molar-refractivity contribution in [3.05, 3.63) is 89.5 Å². The third-order valence-corrected chi connectivity index (χ3v) is 5.76. The largest absolute Gasteiger partial charge is 0.369 e. The number of aryl methyl sites for hydroxylation is 1. The van der Waals surface area contributed by atoms with Crippen LogP contribution in [0, 0.1) is 13.8 Å². The minimum atomic E-state index is 1.04. The Bertz CT molecular complexity index is 876. The van der Waals surface area contributed by atoms with Gasteiger partial charge < -0.3 is 4.90 Å². The minimum Gasteiger partial charge on any atom is -0.369 e. The maximum atomic E-state index is 2.57. The topological polar surface area (TPSA) is 6.48 Å². The highest BCUT2D eigenvalue weighted by molar-refractivity contribution is 5.63. The van der Waals surface area contributed by atoms with E-state index in [0.717, 1.165) is 32.7 Å². The number of hydrogen-bond donors (Lipinski definition) is 0. The molecule has 2 heteroatoms. The van der Waals surface area contributed by atoms with Crippen LogP contribution in [0.3, 0.4) is 0 Å². The number of rotatable bonds is 4. The zero-order valence-electron chi connectivity index (χ0n) is 16.4. The van der Waals surface area contributed by atoms with Gasteiger partial charge in [0, 0.05) is 38.4 Å². The fraction of sp³-hybridized carbons (Fsp3) is 0.280. The van der Waals surface area contributed by atoms with Crippen molar-refractivity contribution in [1.82, 2.24) is 4.90 Å². The Balaban J connectivity index is 1.36. The van der Waals surface area contributed by atoms with Gasteiger partial charge in [-0.3, -0.25) is 4.90 Å². The molecule has 4 rings (SSSR count). The predicted molar refractivity (Wildman–Crippen MR) is 115 cm³/mol. The molecule has 0 atom stereocenters. The van der Waals surface area contributed by atoms with Crippen LogP contribution in [0.5, 0.6) is 0 Å². The average Bonchev–Trinajstić information content (AvgIpc) is 2.72. The maximum absolute atomic E-state index is 2.57. The van der Waals surface area contributed by atoms with Gasteiger partial charge in [0.25, 0.3) is 0 Å². The lowest BCUT2D eigenvalue weighted by atomic mass is 10.0. The maximum Gasteiger partial charge on any atom is 0.0399 e. The molecule has 3 aromatic rings. The Morgan fingerprint density at radius 3 is 2.04 bits per heavy atom. The van der Waals surface area contributed by atoms with Gasteiger partial charge in [0.05, 0.1) is 0 Å². The fourth-order valence-electron chi connectivity index (χ4n) is 3.92. The van der Waals surface area contributed by atoms with Crippen molar-refractivity contribution >= 4 is 5.69 Å². The molecule has 0 spiro atoms. The summed E-state index contributed by atoms with van der Waals surface area (Å²) >= 11 is 0. The van der Waals surface area contributed by atoms with E-state index in [4.69, 9.17) is 0 Å². The third kappa shape index (κ3) is 4.06. The third-order valence-electron chi connectivity index (χ3n) is 5.76. The van der Waals surface area contributed by atoms with Gasteiger partial charge in [-0.2, -0.15) is 0 Å². The first kappa shape index (κ1) is 17.8. The molecule has 0 bridgehead atoms. The normalized spacial score (nSPS) is 15.1. The highest BCUT2D eigenvalue weighted by Gasteiger charge is 2.18. The summed E-state index contributed by atoms with van der Waals surface area (Å²) in [5, 5.41) is 0. The molecule has 2 nitrogen and oxygen atoms in total. The van der Waals surface area contributed by atoms with Gasteiger partial charge >= 0.3 is 0 Å². The van der Waals surface area contributed by atoms with Crippen LogP contribution in [0.25, 0.3) is 11.1 Å². The van der Waals surface area contributed by atoms with Crippen molar-refractivity contribution in [1.29, 1.82) is 0 Å². The van der Waals surface area contributed by atoms with Crippen LogP contribution < -0.4 is 4.90 Å². The molecule has 1 saturated heterocycles. The van der Waals surface area contributed by atoms with Gasteiger partial charge in [-0.15, -0.1) is 0 Å². The first-order chi connectivity index (χ1) is 13.2. The molecule has 27 heavy (non-hydrogen) atoms. The van der Waals surface area contributed by atoms with Gasteiger partial charge in [-0.1, -0.05) is 66.7 Å². The Morgan fingerprint density at radius 2 is 1.33 bits per heavy atom. The van der Waals surface area contributed by atoms with Crippen LogP contribution in [0.4, 0.5) is 5.69 Å². The first-order valence-corrected chi connectivity index (χ1v) is 9.88. The molecule has 0 radical (unpaired) electrons. The van der Waals surface area contributed by atoms with Crippen LogP contribution in [-0.4, -0.2) is 31.1 Å². The molecule has 0 aliphatic carbocycles. The van der Waals surface area contributed by atoms with Gasteiger partial charge in [-0.05, 0) is 47.7 Å². The highest BCUT2D eigenvalue weighted by atomic mass is 15.3. The van der Waals surface area contributed by atoms with Gasteiger partial charge in [0.1, 0.15) is 0 Å². The Morgan fingerprint density at radius 1 is 0.667 bits per heavy atom. The van der Waals surface area contributed by atoms with Crippen LogP contribution in [0.2, 0.25) is 0 Å². The summed E-state index contributed by atoms with van der Waals surface area (Å²) in [5.41, 5.74) is 8.18. The van der Waals surface area contributed by atoms with Crippen molar-refractivity contribution in [2.45, 2.75) is 20.4 Å². The minimum absolute atomic E-state index is 1.04. The highest BCUT2D eigenvalue weighted by Crippen LogP contribution is 2.24. The van der Waals surface area contributed by atoms with Gasteiger partial charge in [0.2, 0.25) is 0 Å². The second-order valence-corrected chi connectivity index (χ2v) is 7.55. The van der Waals surface area contributed by atoms with Crippen LogP contribution in [0.1, 0.15) is 16.7 Å². The first-order valence-electron chi connectivity index (χ1n) is 9.88. The molecule has 0 amide bonds. The van der Waals surface area contributed by atoms with Gasteiger partial charge in [0.15, 0.2) is 0 Å². The molecule has 1 aliphatic heterocycles. The summed E-state index contributed by atoms with van der Waals surface area (Å²) < 4.78 is 0. The summed E-state index contributed by atoms with van der Waals surface area (Å²) in [6.07, 6.45) is 0. The predicted octanol–water partition coefficient (Wildman–Crippen LogP) is 5.29. The lowest BCUT2D eigenvalue weighted by Gasteiger charge is -2.37. The molecule has 1 fully saturated rings. The quantitative estimate of drug-likeness (QED) is 0.626. The van der Waals surface area contributed by atoms with Crippen molar-refractivity contribution in [2.75, 3.05) is 31.1 Å².